The monoisotopic (exact) mass is 444 g/mol. The van der Waals surface area contributed by atoms with E-state index in [0.717, 1.165) is 17.4 Å². The van der Waals surface area contributed by atoms with Crippen molar-refractivity contribution in [3.8, 4) is 29.6 Å². The smallest absolute Gasteiger partial charge is 0.272 e. The molecule has 1 aromatic heterocycles. The number of hydrogen-bond acceptors (Lipinski definition) is 5. The largest absolute Gasteiger partial charge is 0.493 e. The van der Waals surface area contributed by atoms with E-state index in [1.54, 1.807) is 12.1 Å². The first kappa shape index (κ1) is 22.1. The molecule has 3 aromatic rings. The maximum atomic E-state index is 14.3. The molecule has 0 atom stereocenters. The summed E-state index contributed by atoms with van der Waals surface area (Å²) in [6, 6.07) is 5.27. The summed E-state index contributed by atoms with van der Waals surface area (Å²) in [5, 5.41) is 0. The molecule has 2 aromatic carbocycles. The molecule has 1 amide bonds. The first-order chi connectivity index (χ1) is 14.9. The van der Waals surface area contributed by atoms with Crippen LogP contribution in [-0.4, -0.2) is 31.8 Å². The average Bonchev–Trinajstić information content (AvgIpc) is 3.08. The van der Waals surface area contributed by atoms with Crippen molar-refractivity contribution in [1.82, 2.24) is 4.57 Å². The van der Waals surface area contributed by atoms with Crippen molar-refractivity contribution in [2.75, 3.05) is 21.3 Å². The zero-order valence-electron chi connectivity index (χ0n) is 16.9. The molecule has 0 aliphatic carbocycles. The van der Waals surface area contributed by atoms with Gasteiger partial charge in [0, 0.05) is 12.1 Å². The van der Waals surface area contributed by atoms with Gasteiger partial charge in [0.1, 0.15) is 5.82 Å². The Hall–Kier alpha value is -3.64. The summed E-state index contributed by atoms with van der Waals surface area (Å²) in [4.78, 5) is 16.6. The first-order valence-electron chi connectivity index (χ1n) is 8.90. The van der Waals surface area contributed by atoms with E-state index >= 15 is 0 Å². The van der Waals surface area contributed by atoms with Gasteiger partial charge >= 0.3 is 0 Å². The SMILES string of the molecule is C#CCn1c(=NC(=O)/C=C\c2cc(OC)c(OC)c(OC)c2)sc2cc(F)cc(F)c21. The average molecular weight is 444 g/mol. The third-order valence-electron chi connectivity index (χ3n) is 4.26. The highest BCUT2D eigenvalue weighted by atomic mass is 32.1. The number of carbonyl (C=O) groups excluding carboxylic acids is 1. The third kappa shape index (κ3) is 4.59. The topological polar surface area (TPSA) is 62.1 Å². The number of carbonyl (C=O) groups is 1. The lowest BCUT2D eigenvalue weighted by Crippen LogP contribution is -2.16. The number of halogens is 2. The molecule has 0 saturated carbocycles. The van der Waals surface area contributed by atoms with Crippen LogP contribution >= 0.6 is 11.3 Å². The maximum Gasteiger partial charge on any atom is 0.272 e. The van der Waals surface area contributed by atoms with Gasteiger partial charge in [-0.05, 0) is 29.8 Å². The van der Waals surface area contributed by atoms with E-state index in [0.29, 0.717) is 27.5 Å². The number of thiazole rings is 1. The van der Waals surface area contributed by atoms with Crippen LogP contribution in [0.2, 0.25) is 0 Å². The van der Waals surface area contributed by atoms with Crippen LogP contribution in [0.1, 0.15) is 5.56 Å². The number of amides is 1. The van der Waals surface area contributed by atoms with Gasteiger partial charge < -0.3 is 18.8 Å². The van der Waals surface area contributed by atoms with E-state index in [4.69, 9.17) is 20.6 Å². The quantitative estimate of drug-likeness (QED) is 0.429. The number of hydrogen-bond donors (Lipinski definition) is 0. The van der Waals surface area contributed by atoms with E-state index in [9.17, 15) is 13.6 Å². The minimum Gasteiger partial charge on any atom is -0.493 e. The Labute approximate surface area is 181 Å². The lowest BCUT2D eigenvalue weighted by Gasteiger charge is -2.12. The van der Waals surface area contributed by atoms with Gasteiger partial charge in [0.15, 0.2) is 22.1 Å². The van der Waals surface area contributed by atoms with Crippen molar-refractivity contribution in [2.45, 2.75) is 6.54 Å². The summed E-state index contributed by atoms with van der Waals surface area (Å²) in [6.45, 7) is -0.0226. The van der Waals surface area contributed by atoms with E-state index in [2.05, 4.69) is 10.9 Å². The first-order valence-corrected chi connectivity index (χ1v) is 9.72. The summed E-state index contributed by atoms with van der Waals surface area (Å²) in [5.74, 6) is 1.57. The van der Waals surface area contributed by atoms with Gasteiger partial charge in [-0.25, -0.2) is 8.78 Å². The summed E-state index contributed by atoms with van der Waals surface area (Å²) in [5.41, 5.74) is 0.712. The van der Waals surface area contributed by atoms with Gasteiger partial charge in [0.2, 0.25) is 5.75 Å². The molecule has 160 valence electrons. The fourth-order valence-corrected chi connectivity index (χ4v) is 4.02. The molecular formula is C22H18F2N2O4S. The van der Waals surface area contributed by atoms with Crippen molar-refractivity contribution in [2.24, 2.45) is 4.99 Å². The predicted molar refractivity (Wildman–Crippen MR) is 114 cm³/mol. The molecule has 0 aliphatic rings. The van der Waals surface area contributed by atoms with Gasteiger partial charge in [-0.1, -0.05) is 17.3 Å². The van der Waals surface area contributed by atoms with E-state index in [1.165, 1.54) is 44.1 Å². The van der Waals surface area contributed by atoms with Crippen LogP contribution in [0.4, 0.5) is 8.78 Å². The van der Waals surface area contributed by atoms with Crippen LogP contribution in [0.15, 0.2) is 35.3 Å². The van der Waals surface area contributed by atoms with E-state index in [-0.39, 0.29) is 16.9 Å². The van der Waals surface area contributed by atoms with Crippen LogP contribution in [0.5, 0.6) is 17.2 Å². The number of terminal acetylenes is 1. The highest BCUT2D eigenvalue weighted by molar-refractivity contribution is 7.16. The molecule has 6 nitrogen and oxygen atoms in total. The maximum absolute atomic E-state index is 14.3. The van der Waals surface area contributed by atoms with Crippen LogP contribution in [0, 0.1) is 24.0 Å². The molecule has 3 rings (SSSR count). The Kier molecular flexibility index (Phi) is 6.72. The predicted octanol–water partition coefficient (Wildman–Crippen LogP) is 3.78. The molecule has 0 spiro atoms. The van der Waals surface area contributed by atoms with E-state index < -0.39 is 17.5 Å². The van der Waals surface area contributed by atoms with Crippen LogP contribution in [-0.2, 0) is 11.3 Å². The lowest BCUT2D eigenvalue weighted by molar-refractivity contribution is -0.113. The van der Waals surface area contributed by atoms with Gasteiger partial charge in [-0.2, -0.15) is 4.99 Å². The number of methoxy groups -OCH3 is 3. The normalized spacial score (nSPS) is 11.7. The summed E-state index contributed by atoms with van der Waals surface area (Å²) >= 11 is 0.969. The minimum atomic E-state index is -0.775. The number of benzene rings is 2. The van der Waals surface area contributed by atoms with Crippen molar-refractivity contribution >= 4 is 33.5 Å². The molecule has 9 heteroatoms. The van der Waals surface area contributed by atoms with E-state index in [1.807, 2.05) is 0 Å². The van der Waals surface area contributed by atoms with Crippen molar-refractivity contribution < 1.29 is 27.8 Å². The Morgan fingerprint density at radius 3 is 2.42 bits per heavy atom. The fourth-order valence-electron chi connectivity index (χ4n) is 2.95. The zero-order valence-corrected chi connectivity index (χ0v) is 17.8. The number of rotatable bonds is 6. The Bertz CT molecular complexity index is 1260. The molecule has 0 saturated heterocycles. The second-order valence-electron chi connectivity index (χ2n) is 6.15. The third-order valence-corrected chi connectivity index (χ3v) is 5.28. The van der Waals surface area contributed by atoms with Crippen molar-refractivity contribution in [1.29, 1.82) is 0 Å². The number of nitrogens with zero attached hydrogens (tertiary/aromatic N) is 2. The standard InChI is InChI=1S/C22H18F2N2O4S/c1-5-8-26-20-15(24)11-14(23)12-18(20)31-22(26)25-19(27)7-6-13-9-16(28-2)21(30-4)17(10-13)29-3/h1,6-7,9-12H,8H2,2-4H3/b7-6-,25-22?. The summed E-state index contributed by atoms with van der Waals surface area (Å²) < 4.78 is 45.3. The fraction of sp³-hybridized carbons (Fsp3) is 0.182. The van der Waals surface area contributed by atoms with Crippen molar-refractivity contribution in [3.63, 3.8) is 0 Å². The number of ether oxygens (including phenoxy) is 3. The molecule has 1 heterocycles. The Morgan fingerprint density at radius 1 is 1.16 bits per heavy atom. The van der Waals surface area contributed by atoms with Crippen LogP contribution < -0.4 is 19.0 Å². The minimum absolute atomic E-state index is 0.0226. The highest BCUT2D eigenvalue weighted by Gasteiger charge is 2.14. The summed E-state index contributed by atoms with van der Waals surface area (Å²) in [6.07, 6.45) is 8.13. The molecule has 0 aliphatic heterocycles. The van der Waals surface area contributed by atoms with Crippen molar-refractivity contribution in [3.05, 3.63) is 52.3 Å². The van der Waals surface area contributed by atoms with Gasteiger partial charge in [0.25, 0.3) is 5.91 Å². The molecule has 0 N–H and O–H groups in total. The van der Waals surface area contributed by atoms with Crippen LogP contribution in [0.3, 0.4) is 0 Å². The van der Waals surface area contributed by atoms with Gasteiger partial charge in [-0.3, -0.25) is 4.79 Å². The van der Waals surface area contributed by atoms with Gasteiger partial charge in [-0.15, -0.1) is 6.42 Å². The molecular weight excluding hydrogens is 426 g/mol. The number of fused-ring (bicyclic) bond motifs is 1. The number of aromatic nitrogens is 1. The second-order valence-corrected chi connectivity index (χ2v) is 7.16. The highest BCUT2D eigenvalue weighted by Crippen LogP contribution is 2.38. The molecule has 0 radical (unpaired) electrons. The molecule has 31 heavy (non-hydrogen) atoms. The molecule has 0 fully saturated rings. The zero-order chi connectivity index (χ0) is 22.5. The Morgan fingerprint density at radius 2 is 1.84 bits per heavy atom. The van der Waals surface area contributed by atoms with Crippen LogP contribution in [0.25, 0.3) is 16.3 Å². The molecule has 0 bridgehead atoms. The summed E-state index contributed by atoms with van der Waals surface area (Å²) in [7, 11) is 4.46. The van der Waals surface area contributed by atoms with Gasteiger partial charge in [0.05, 0.1) is 38.1 Å². The Balaban J connectivity index is 2.01. The second kappa shape index (κ2) is 9.45. The lowest BCUT2D eigenvalue weighted by atomic mass is 10.1. The molecule has 0 unspecified atom stereocenters.